The lowest BCUT2D eigenvalue weighted by molar-refractivity contribution is 0.189. The maximum absolute atomic E-state index is 13.1. The summed E-state index contributed by atoms with van der Waals surface area (Å²) in [5, 5.41) is 9.11. The zero-order valence-electron chi connectivity index (χ0n) is 11.5. The van der Waals surface area contributed by atoms with Crippen molar-refractivity contribution in [3.63, 3.8) is 0 Å². The van der Waals surface area contributed by atoms with E-state index >= 15 is 0 Å². The third-order valence-corrected chi connectivity index (χ3v) is 4.60. The lowest BCUT2D eigenvalue weighted by Crippen LogP contribution is -2.09. The van der Waals surface area contributed by atoms with Gasteiger partial charge in [0.05, 0.1) is 13.2 Å². The summed E-state index contributed by atoms with van der Waals surface area (Å²) in [7, 11) is 0. The summed E-state index contributed by atoms with van der Waals surface area (Å²) in [6, 6.07) is 6.27. The molecule has 1 aliphatic rings. The number of aromatic nitrogens is 3. The monoisotopic (exact) mass is 308 g/mol. The van der Waals surface area contributed by atoms with E-state index in [0.29, 0.717) is 11.7 Å². The molecule has 0 bridgehead atoms. The predicted molar refractivity (Wildman–Crippen MR) is 78.9 cm³/mol. The number of hydrogen-bond acceptors (Lipinski definition) is 5. The molecule has 1 aromatic heterocycles. The molecular weight excluding hydrogens is 291 g/mol. The van der Waals surface area contributed by atoms with Crippen LogP contribution in [0.25, 0.3) is 5.69 Å². The first-order chi connectivity index (χ1) is 10.3. The lowest BCUT2D eigenvalue weighted by atomic mass is 10.2. The average molecular weight is 308 g/mol. The minimum Gasteiger partial charge on any atom is -0.381 e. The van der Waals surface area contributed by atoms with Crippen molar-refractivity contribution in [2.24, 2.45) is 11.7 Å². The van der Waals surface area contributed by atoms with Crippen molar-refractivity contribution in [1.29, 1.82) is 0 Å². The second kappa shape index (κ2) is 6.55. The highest BCUT2D eigenvalue weighted by Gasteiger charge is 2.19. The van der Waals surface area contributed by atoms with Crippen LogP contribution in [0.5, 0.6) is 0 Å². The first-order valence-electron chi connectivity index (χ1n) is 6.89. The van der Waals surface area contributed by atoms with E-state index in [1.54, 1.807) is 23.9 Å². The topological polar surface area (TPSA) is 66.0 Å². The summed E-state index contributed by atoms with van der Waals surface area (Å²) < 4.78 is 20.4. The van der Waals surface area contributed by atoms with E-state index < -0.39 is 0 Å². The Hall–Kier alpha value is -1.44. The molecule has 1 fully saturated rings. The van der Waals surface area contributed by atoms with Crippen LogP contribution in [0.3, 0.4) is 0 Å². The molecule has 0 spiro atoms. The first-order valence-corrected chi connectivity index (χ1v) is 7.87. The Kier molecular flexibility index (Phi) is 4.52. The van der Waals surface area contributed by atoms with Crippen molar-refractivity contribution in [3.8, 4) is 5.69 Å². The number of nitrogens with zero attached hydrogens (tertiary/aromatic N) is 3. The van der Waals surface area contributed by atoms with E-state index in [4.69, 9.17) is 10.5 Å². The molecule has 0 amide bonds. The van der Waals surface area contributed by atoms with Gasteiger partial charge in [-0.15, -0.1) is 10.2 Å². The summed E-state index contributed by atoms with van der Waals surface area (Å²) in [4.78, 5) is 0. The quantitative estimate of drug-likeness (QED) is 0.856. The molecule has 21 heavy (non-hydrogen) atoms. The van der Waals surface area contributed by atoms with Gasteiger partial charge in [-0.25, -0.2) is 4.39 Å². The maximum atomic E-state index is 13.1. The summed E-state index contributed by atoms with van der Waals surface area (Å²) in [6.07, 6.45) is 1.08. The highest BCUT2D eigenvalue weighted by Crippen LogP contribution is 2.26. The van der Waals surface area contributed by atoms with E-state index in [9.17, 15) is 4.39 Å². The Labute approximate surface area is 126 Å². The average Bonchev–Trinajstić information content (AvgIpc) is 3.15. The molecule has 1 saturated heterocycles. The highest BCUT2D eigenvalue weighted by molar-refractivity contribution is 7.99. The lowest BCUT2D eigenvalue weighted by Gasteiger charge is -2.10. The standard InChI is InChI=1S/C14H17FN4OS/c15-11-1-3-12(4-2-11)19-13(7-16)17-18-14(19)21-9-10-5-6-20-8-10/h1-4,10H,5-9,16H2. The Morgan fingerprint density at radius 2 is 2.14 bits per heavy atom. The van der Waals surface area contributed by atoms with E-state index in [-0.39, 0.29) is 12.4 Å². The second-order valence-corrected chi connectivity index (χ2v) is 5.94. The van der Waals surface area contributed by atoms with Crippen LogP contribution < -0.4 is 5.73 Å². The Balaban J connectivity index is 1.83. The summed E-state index contributed by atoms with van der Waals surface area (Å²) in [5.41, 5.74) is 6.55. The Bertz CT molecular complexity index is 596. The Morgan fingerprint density at radius 1 is 1.33 bits per heavy atom. The van der Waals surface area contributed by atoms with Crippen molar-refractivity contribution in [3.05, 3.63) is 35.9 Å². The van der Waals surface area contributed by atoms with Crippen molar-refractivity contribution in [2.45, 2.75) is 18.1 Å². The fraction of sp³-hybridized carbons (Fsp3) is 0.429. The zero-order chi connectivity index (χ0) is 14.7. The van der Waals surface area contributed by atoms with Crippen molar-refractivity contribution >= 4 is 11.8 Å². The molecule has 0 radical (unpaired) electrons. The molecule has 1 unspecified atom stereocenters. The largest absolute Gasteiger partial charge is 0.381 e. The van der Waals surface area contributed by atoms with Gasteiger partial charge in [-0.2, -0.15) is 0 Å². The molecule has 1 aromatic carbocycles. The molecule has 2 heterocycles. The summed E-state index contributed by atoms with van der Waals surface area (Å²) in [5.74, 6) is 1.89. The number of ether oxygens (including phenoxy) is 1. The van der Waals surface area contributed by atoms with Gasteiger partial charge in [0.25, 0.3) is 0 Å². The third-order valence-electron chi connectivity index (χ3n) is 3.44. The van der Waals surface area contributed by atoms with Gasteiger partial charge >= 0.3 is 0 Å². The van der Waals surface area contributed by atoms with Gasteiger partial charge in [0.2, 0.25) is 0 Å². The van der Waals surface area contributed by atoms with Crippen molar-refractivity contribution < 1.29 is 9.13 Å². The molecule has 7 heteroatoms. The number of benzene rings is 1. The van der Waals surface area contributed by atoms with E-state index in [0.717, 1.165) is 36.2 Å². The van der Waals surface area contributed by atoms with E-state index in [2.05, 4.69) is 10.2 Å². The number of hydrogen-bond donors (Lipinski definition) is 1. The normalized spacial score (nSPS) is 18.3. The molecular formula is C14H17FN4OS. The fourth-order valence-corrected chi connectivity index (χ4v) is 3.37. The highest BCUT2D eigenvalue weighted by atomic mass is 32.2. The van der Waals surface area contributed by atoms with Crippen LogP contribution in [-0.2, 0) is 11.3 Å². The van der Waals surface area contributed by atoms with Crippen molar-refractivity contribution in [1.82, 2.24) is 14.8 Å². The molecule has 0 saturated carbocycles. The van der Waals surface area contributed by atoms with Crippen LogP contribution in [0.15, 0.2) is 29.4 Å². The first kappa shape index (κ1) is 14.5. The fourth-order valence-electron chi connectivity index (χ4n) is 2.28. The molecule has 112 valence electrons. The number of rotatable bonds is 5. The summed E-state index contributed by atoms with van der Waals surface area (Å²) in [6.45, 7) is 1.93. The van der Waals surface area contributed by atoms with Gasteiger partial charge in [-0.3, -0.25) is 4.57 Å². The molecule has 1 atom stereocenters. The number of halogens is 1. The minimum absolute atomic E-state index is 0.265. The SMILES string of the molecule is NCc1nnc(SCC2CCOC2)n1-c1ccc(F)cc1. The van der Waals surface area contributed by atoms with Gasteiger partial charge in [-0.05, 0) is 36.6 Å². The molecule has 2 N–H and O–H groups in total. The van der Waals surface area contributed by atoms with Gasteiger partial charge in [-0.1, -0.05) is 11.8 Å². The van der Waals surface area contributed by atoms with E-state index in [1.165, 1.54) is 12.1 Å². The van der Waals surface area contributed by atoms with Crippen LogP contribution in [0.2, 0.25) is 0 Å². The maximum Gasteiger partial charge on any atom is 0.195 e. The van der Waals surface area contributed by atoms with Crippen LogP contribution >= 0.6 is 11.8 Å². The molecule has 2 aromatic rings. The third kappa shape index (κ3) is 3.25. The van der Waals surface area contributed by atoms with Crippen LogP contribution in [-0.4, -0.2) is 33.7 Å². The number of nitrogens with two attached hydrogens (primary N) is 1. The van der Waals surface area contributed by atoms with Crippen LogP contribution in [0.4, 0.5) is 4.39 Å². The van der Waals surface area contributed by atoms with Gasteiger partial charge in [0, 0.05) is 18.0 Å². The van der Waals surface area contributed by atoms with E-state index in [1.807, 2.05) is 4.57 Å². The van der Waals surface area contributed by atoms with Gasteiger partial charge < -0.3 is 10.5 Å². The van der Waals surface area contributed by atoms with Crippen LogP contribution in [0, 0.1) is 11.7 Å². The molecule has 5 nitrogen and oxygen atoms in total. The minimum atomic E-state index is -0.265. The van der Waals surface area contributed by atoms with Gasteiger partial charge in [0.1, 0.15) is 5.82 Å². The molecule has 0 aliphatic carbocycles. The second-order valence-electron chi connectivity index (χ2n) is 4.96. The summed E-state index contributed by atoms with van der Waals surface area (Å²) >= 11 is 1.64. The number of thioether (sulfide) groups is 1. The van der Waals surface area contributed by atoms with Crippen molar-refractivity contribution in [2.75, 3.05) is 19.0 Å². The smallest absolute Gasteiger partial charge is 0.195 e. The van der Waals surface area contributed by atoms with Crippen LogP contribution in [0.1, 0.15) is 12.2 Å². The van der Waals surface area contributed by atoms with Gasteiger partial charge in [0.15, 0.2) is 11.0 Å². The Morgan fingerprint density at radius 3 is 2.81 bits per heavy atom. The molecule has 3 rings (SSSR count). The predicted octanol–water partition coefficient (Wildman–Crippen LogP) is 1.99. The molecule has 1 aliphatic heterocycles. The zero-order valence-corrected chi connectivity index (χ0v) is 12.4.